The van der Waals surface area contributed by atoms with Crippen LogP contribution in [0.25, 0.3) is 0 Å². The Kier molecular flexibility index (Phi) is 5.57. The molecule has 4 nitrogen and oxygen atoms in total. The lowest BCUT2D eigenvalue weighted by Gasteiger charge is -2.08. The van der Waals surface area contributed by atoms with Gasteiger partial charge in [-0.1, -0.05) is 12.1 Å². The molecule has 1 N–H and O–H groups in total. The average Bonchev–Trinajstić information content (AvgIpc) is 2.74. The van der Waals surface area contributed by atoms with Gasteiger partial charge in [-0.25, -0.2) is 4.79 Å². The zero-order valence-electron chi connectivity index (χ0n) is 12.5. The summed E-state index contributed by atoms with van der Waals surface area (Å²) in [5.41, 5.74) is 1.88. The molecule has 0 bridgehead atoms. The number of amides is 1. The minimum Gasteiger partial charge on any atom is -0.462 e. The Hall–Kier alpha value is -1.41. The molecule has 0 fully saturated rings. The molecule has 0 radical (unpaired) electrons. The molecule has 2 aromatic rings. The molecular formula is C16H16INO3S. The van der Waals surface area contributed by atoms with Gasteiger partial charge in [-0.3, -0.25) is 4.79 Å². The predicted molar refractivity (Wildman–Crippen MR) is 96.9 cm³/mol. The molecular weight excluding hydrogens is 413 g/mol. The van der Waals surface area contributed by atoms with Crippen LogP contribution in [0.5, 0.6) is 0 Å². The smallest absolute Gasteiger partial charge is 0.341 e. The van der Waals surface area contributed by atoms with E-state index in [1.807, 2.05) is 32.0 Å². The van der Waals surface area contributed by atoms with E-state index in [4.69, 9.17) is 4.74 Å². The van der Waals surface area contributed by atoms with Crippen LogP contribution in [0, 0.1) is 17.4 Å². The zero-order valence-corrected chi connectivity index (χ0v) is 15.5. The summed E-state index contributed by atoms with van der Waals surface area (Å²) in [4.78, 5) is 25.5. The van der Waals surface area contributed by atoms with Crippen molar-refractivity contribution in [3.63, 3.8) is 0 Å². The van der Waals surface area contributed by atoms with Crippen molar-refractivity contribution >= 4 is 50.8 Å². The molecule has 1 aromatic carbocycles. The van der Waals surface area contributed by atoms with Crippen LogP contribution in [0.3, 0.4) is 0 Å². The Morgan fingerprint density at radius 1 is 1.27 bits per heavy atom. The summed E-state index contributed by atoms with van der Waals surface area (Å²) in [7, 11) is 0. The van der Waals surface area contributed by atoms with Crippen molar-refractivity contribution in [1.82, 2.24) is 0 Å². The number of ether oxygens (including phenoxy) is 1. The van der Waals surface area contributed by atoms with Crippen LogP contribution in [0.1, 0.15) is 38.1 Å². The van der Waals surface area contributed by atoms with Crippen LogP contribution in [0.2, 0.25) is 0 Å². The van der Waals surface area contributed by atoms with E-state index in [2.05, 4.69) is 27.9 Å². The van der Waals surface area contributed by atoms with E-state index in [-0.39, 0.29) is 5.91 Å². The van der Waals surface area contributed by atoms with Crippen LogP contribution < -0.4 is 5.32 Å². The van der Waals surface area contributed by atoms with Crippen LogP contribution in [-0.4, -0.2) is 18.5 Å². The molecule has 22 heavy (non-hydrogen) atoms. The second-order valence-corrected chi connectivity index (χ2v) is 7.03. The summed E-state index contributed by atoms with van der Waals surface area (Å²) < 4.78 is 5.95. The fraction of sp³-hybridized carbons (Fsp3) is 0.250. The number of nitrogens with one attached hydrogen (secondary N) is 1. The van der Waals surface area contributed by atoms with E-state index in [1.54, 1.807) is 13.0 Å². The summed E-state index contributed by atoms with van der Waals surface area (Å²) in [6, 6.07) is 7.32. The first-order valence-corrected chi connectivity index (χ1v) is 8.68. The van der Waals surface area contributed by atoms with Gasteiger partial charge < -0.3 is 10.1 Å². The highest BCUT2D eigenvalue weighted by molar-refractivity contribution is 14.1. The summed E-state index contributed by atoms with van der Waals surface area (Å²) in [5.74, 6) is -0.626. The predicted octanol–water partition coefficient (Wildman–Crippen LogP) is 4.40. The fourth-order valence-electron chi connectivity index (χ4n) is 1.98. The van der Waals surface area contributed by atoms with E-state index in [0.717, 1.165) is 14.0 Å². The van der Waals surface area contributed by atoms with Gasteiger partial charge in [0.15, 0.2) is 0 Å². The Bertz CT molecular complexity index is 724. The quantitative estimate of drug-likeness (QED) is 0.579. The number of halogens is 1. The standard InChI is InChI=1S/C16H16INO3S/c1-4-21-16(20)13-9(2)10(3)22-15(13)18-14(19)11-7-5-6-8-12(11)17/h5-8H,4H2,1-3H3,(H,18,19). The maximum Gasteiger partial charge on any atom is 0.341 e. The number of hydrogen-bond donors (Lipinski definition) is 1. The molecule has 0 unspecified atom stereocenters. The van der Waals surface area contributed by atoms with Crippen molar-refractivity contribution in [3.05, 3.63) is 49.4 Å². The van der Waals surface area contributed by atoms with E-state index >= 15 is 0 Å². The fourth-order valence-corrected chi connectivity index (χ4v) is 3.66. The number of carbonyl (C=O) groups is 2. The monoisotopic (exact) mass is 429 g/mol. The minimum absolute atomic E-state index is 0.225. The Balaban J connectivity index is 2.34. The lowest BCUT2D eigenvalue weighted by molar-refractivity contribution is 0.0527. The van der Waals surface area contributed by atoms with Crippen LogP contribution in [0.15, 0.2) is 24.3 Å². The zero-order chi connectivity index (χ0) is 16.3. The number of anilines is 1. The number of benzene rings is 1. The lowest BCUT2D eigenvalue weighted by Crippen LogP contribution is -2.15. The second-order valence-electron chi connectivity index (χ2n) is 4.64. The van der Waals surface area contributed by atoms with Gasteiger partial charge in [0, 0.05) is 8.45 Å². The first kappa shape index (κ1) is 17.0. The van der Waals surface area contributed by atoms with E-state index in [9.17, 15) is 9.59 Å². The van der Waals surface area contributed by atoms with Crippen molar-refractivity contribution in [3.8, 4) is 0 Å². The molecule has 0 saturated carbocycles. The molecule has 1 heterocycles. The Morgan fingerprint density at radius 2 is 1.95 bits per heavy atom. The summed E-state index contributed by atoms with van der Waals surface area (Å²) in [5, 5.41) is 3.38. The van der Waals surface area contributed by atoms with Gasteiger partial charge in [0.25, 0.3) is 5.91 Å². The van der Waals surface area contributed by atoms with Gasteiger partial charge in [-0.05, 0) is 61.1 Å². The first-order valence-electron chi connectivity index (χ1n) is 6.78. The molecule has 0 saturated heterocycles. The maximum absolute atomic E-state index is 12.4. The number of carbonyl (C=O) groups excluding carboxylic acids is 2. The van der Waals surface area contributed by atoms with E-state index in [0.29, 0.717) is 22.7 Å². The van der Waals surface area contributed by atoms with Gasteiger partial charge >= 0.3 is 5.97 Å². The van der Waals surface area contributed by atoms with Crippen molar-refractivity contribution < 1.29 is 14.3 Å². The molecule has 1 amide bonds. The maximum atomic E-state index is 12.4. The normalized spacial score (nSPS) is 10.4. The van der Waals surface area contributed by atoms with Crippen LogP contribution in [0.4, 0.5) is 5.00 Å². The largest absolute Gasteiger partial charge is 0.462 e. The highest BCUT2D eigenvalue weighted by Crippen LogP contribution is 2.33. The average molecular weight is 429 g/mol. The molecule has 0 spiro atoms. The van der Waals surface area contributed by atoms with Gasteiger partial charge in [0.2, 0.25) is 0 Å². The summed E-state index contributed by atoms with van der Waals surface area (Å²) in [6.45, 7) is 5.85. The van der Waals surface area contributed by atoms with Crippen LogP contribution >= 0.6 is 33.9 Å². The van der Waals surface area contributed by atoms with Crippen molar-refractivity contribution in [1.29, 1.82) is 0 Å². The number of esters is 1. The van der Waals surface area contributed by atoms with Gasteiger partial charge in [0.1, 0.15) is 5.00 Å². The first-order chi connectivity index (χ1) is 10.5. The summed E-state index contributed by atoms with van der Waals surface area (Å²) in [6.07, 6.45) is 0. The number of aryl methyl sites for hydroxylation is 1. The molecule has 116 valence electrons. The van der Waals surface area contributed by atoms with Crippen molar-refractivity contribution in [2.75, 3.05) is 11.9 Å². The third-order valence-electron chi connectivity index (χ3n) is 3.21. The highest BCUT2D eigenvalue weighted by atomic mass is 127. The van der Waals surface area contributed by atoms with Gasteiger partial charge in [-0.15, -0.1) is 11.3 Å². The van der Waals surface area contributed by atoms with Crippen molar-refractivity contribution in [2.24, 2.45) is 0 Å². The van der Waals surface area contributed by atoms with Crippen LogP contribution in [-0.2, 0) is 4.74 Å². The third kappa shape index (κ3) is 3.49. The molecule has 0 aliphatic carbocycles. The number of rotatable bonds is 4. The second kappa shape index (κ2) is 7.23. The van der Waals surface area contributed by atoms with E-state index in [1.165, 1.54) is 11.3 Å². The Labute approximate surface area is 147 Å². The van der Waals surface area contributed by atoms with Crippen molar-refractivity contribution in [2.45, 2.75) is 20.8 Å². The molecule has 6 heteroatoms. The topological polar surface area (TPSA) is 55.4 Å². The summed E-state index contributed by atoms with van der Waals surface area (Å²) >= 11 is 3.51. The van der Waals surface area contributed by atoms with Gasteiger partial charge in [0.05, 0.1) is 17.7 Å². The minimum atomic E-state index is -0.401. The van der Waals surface area contributed by atoms with E-state index < -0.39 is 5.97 Å². The molecule has 2 rings (SSSR count). The third-order valence-corrected chi connectivity index (χ3v) is 5.27. The lowest BCUT2D eigenvalue weighted by atomic mass is 10.1. The Morgan fingerprint density at radius 3 is 2.59 bits per heavy atom. The number of hydrogen-bond acceptors (Lipinski definition) is 4. The molecule has 0 atom stereocenters. The molecule has 0 aliphatic rings. The van der Waals surface area contributed by atoms with Gasteiger partial charge in [-0.2, -0.15) is 0 Å². The number of thiophene rings is 1. The highest BCUT2D eigenvalue weighted by Gasteiger charge is 2.22. The molecule has 0 aliphatic heterocycles. The molecule has 1 aromatic heterocycles. The SMILES string of the molecule is CCOC(=O)c1c(NC(=O)c2ccccc2I)sc(C)c1C.